The number of phenols is 1. The van der Waals surface area contributed by atoms with Gasteiger partial charge in [0.1, 0.15) is 23.1 Å². The number of phenolic OH excluding ortho intramolecular Hbond substituents is 1. The van der Waals surface area contributed by atoms with Gasteiger partial charge in [-0.25, -0.2) is 0 Å². The van der Waals surface area contributed by atoms with Crippen LogP contribution in [0.3, 0.4) is 0 Å². The zero-order valence-corrected chi connectivity index (χ0v) is 15.7. The number of aromatic hydroxyl groups is 1. The molecule has 0 aromatic heterocycles. The number of hydrogen-bond donors (Lipinski definition) is 2. The molecule has 2 rings (SSSR count). The van der Waals surface area contributed by atoms with Crippen LogP contribution >= 0.6 is 31.9 Å². The van der Waals surface area contributed by atoms with Crippen LogP contribution in [0.25, 0.3) is 6.08 Å². The molecule has 2 aromatic carbocycles. The highest BCUT2D eigenvalue weighted by atomic mass is 79.9. The van der Waals surface area contributed by atoms with Gasteiger partial charge in [-0.15, -0.1) is 0 Å². The largest absolute Gasteiger partial charge is 0.506 e. The van der Waals surface area contributed by atoms with Gasteiger partial charge in [-0.3, -0.25) is 4.79 Å². The lowest BCUT2D eigenvalue weighted by atomic mass is 10.1. The number of ether oxygens (including phenoxy) is 1. The Balaban J connectivity index is 2.31. The van der Waals surface area contributed by atoms with E-state index in [1.54, 1.807) is 36.4 Å². The molecule has 0 unspecified atom stereocenters. The summed E-state index contributed by atoms with van der Waals surface area (Å²) in [5, 5.41) is 21.6. The van der Waals surface area contributed by atoms with Gasteiger partial charge in [-0.05, 0) is 67.8 Å². The quantitative estimate of drug-likeness (QED) is 0.530. The van der Waals surface area contributed by atoms with Crippen LogP contribution in [0.15, 0.2) is 50.9 Å². The summed E-state index contributed by atoms with van der Waals surface area (Å²) in [6.45, 7) is 0. The number of hydrogen-bond acceptors (Lipinski definition) is 4. The predicted molar refractivity (Wildman–Crippen MR) is 98.7 cm³/mol. The molecule has 0 saturated carbocycles. The number of halogens is 2. The Morgan fingerprint density at radius 1 is 1.29 bits per heavy atom. The minimum absolute atomic E-state index is 0.0455. The highest BCUT2D eigenvalue weighted by molar-refractivity contribution is 9.11. The first kappa shape index (κ1) is 18.0. The maximum absolute atomic E-state index is 12.3. The third-order valence-electron chi connectivity index (χ3n) is 3.07. The summed E-state index contributed by atoms with van der Waals surface area (Å²) in [7, 11) is 1.50. The van der Waals surface area contributed by atoms with Gasteiger partial charge in [0.15, 0.2) is 0 Å². The van der Waals surface area contributed by atoms with E-state index in [4.69, 9.17) is 4.74 Å². The molecule has 0 saturated heterocycles. The van der Waals surface area contributed by atoms with E-state index in [-0.39, 0.29) is 11.3 Å². The number of carbonyl (C=O) groups is 1. The van der Waals surface area contributed by atoms with Crippen molar-refractivity contribution < 1.29 is 14.6 Å². The van der Waals surface area contributed by atoms with Crippen molar-refractivity contribution in [2.24, 2.45) is 0 Å². The summed E-state index contributed by atoms with van der Waals surface area (Å²) in [4.78, 5) is 12.3. The maximum atomic E-state index is 12.3. The fraction of sp³-hybridized carbons (Fsp3) is 0.0588. The standard InChI is InChI=1S/C17H12Br2N2O3/c1-24-15-5-3-2-4-14(15)21-17(23)11(9-20)6-10-7-12(18)16(22)13(19)8-10/h2-8,22H,1H3,(H,21,23)/b11-6+. The highest BCUT2D eigenvalue weighted by Crippen LogP contribution is 2.34. The highest BCUT2D eigenvalue weighted by Gasteiger charge is 2.13. The van der Waals surface area contributed by atoms with Crippen molar-refractivity contribution >= 4 is 49.5 Å². The molecule has 122 valence electrons. The Kier molecular flexibility index (Phi) is 6.01. The zero-order chi connectivity index (χ0) is 17.7. The summed E-state index contributed by atoms with van der Waals surface area (Å²) >= 11 is 6.42. The number of anilines is 1. The van der Waals surface area contributed by atoms with Crippen molar-refractivity contribution in [3.63, 3.8) is 0 Å². The predicted octanol–water partition coefficient (Wildman–Crippen LogP) is 4.47. The van der Waals surface area contributed by atoms with E-state index in [9.17, 15) is 15.2 Å². The van der Waals surface area contributed by atoms with Crippen molar-refractivity contribution in [3.05, 3.63) is 56.5 Å². The molecule has 0 bridgehead atoms. The third-order valence-corrected chi connectivity index (χ3v) is 4.28. The first-order valence-electron chi connectivity index (χ1n) is 6.70. The molecule has 7 heteroatoms. The molecule has 5 nitrogen and oxygen atoms in total. The van der Waals surface area contributed by atoms with Crippen LogP contribution in [-0.2, 0) is 4.79 Å². The molecule has 0 spiro atoms. The first-order valence-corrected chi connectivity index (χ1v) is 8.29. The monoisotopic (exact) mass is 450 g/mol. The molecule has 24 heavy (non-hydrogen) atoms. The average molecular weight is 452 g/mol. The fourth-order valence-electron chi connectivity index (χ4n) is 1.92. The van der Waals surface area contributed by atoms with Crippen LogP contribution in [0, 0.1) is 11.3 Å². The summed E-state index contributed by atoms with van der Waals surface area (Å²) in [6.07, 6.45) is 1.43. The molecule has 0 aliphatic heterocycles. The van der Waals surface area contributed by atoms with Gasteiger partial charge in [-0.1, -0.05) is 12.1 Å². The van der Waals surface area contributed by atoms with Crippen molar-refractivity contribution in [1.29, 1.82) is 5.26 Å². The second-order valence-corrected chi connectivity index (χ2v) is 6.37. The number of rotatable bonds is 4. The number of nitriles is 1. The summed E-state index contributed by atoms with van der Waals surface area (Å²) in [5.41, 5.74) is 0.975. The maximum Gasteiger partial charge on any atom is 0.266 e. The lowest BCUT2D eigenvalue weighted by molar-refractivity contribution is -0.112. The Bertz CT molecular complexity index is 834. The molecule has 0 fully saturated rings. The van der Waals surface area contributed by atoms with E-state index in [0.717, 1.165) is 0 Å². The van der Waals surface area contributed by atoms with Crippen molar-refractivity contribution in [2.75, 3.05) is 12.4 Å². The van der Waals surface area contributed by atoms with Crippen LogP contribution in [0.1, 0.15) is 5.56 Å². The topological polar surface area (TPSA) is 82.3 Å². The van der Waals surface area contributed by atoms with E-state index in [0.29, 0.717) is 25.9 Å². The van der Waals surface area contributed by atoms with Crippen LogP contribution in [-0.4, -0.2) is 18.1 Å². The molecule has 2 N–H and O–H groups in total. The minimum atomic E-state index is -0.553. The molecule has 0 aliphatic rings. The summed E-state index contributed by atoms with van der Waals surface area (Å²) < 4.78 is 6.06. The van der Waals surface area contributed by atoms with Gasteiger partial charge in [0.2, 0.25) is 0 Å². The first-order chi connectivity index (χ1) is 11.5. The fourth-order valence-corrected chi connectivity index (χ4v) is 3.14. The van der Waals surface area contributed by atoms with E-state index >= 15 is 0 Å². The van der Waals surface area contributed by atoms with Crippen molar-refractivity contribution in [2.45, 2.75) is 0 Å². The Morgan fingerprint density at radius 3 is 2.50 bits per heavy atom. The molecule has 0 atom stereocenters. The zero-order valence-electron chi connectivity index (χ0n) is 12.5. The molecule has 0 heterocycles. The molecule has 1 amide bonds. The molecule has 2 aromatic rings. The summed E-state index contributed by atoms with van der Waals surface area (Å²) in [5.74, 6) is -0.00952. The van der Waals surface area contributed by atoms with E-state index < -0.39 is 5.91 Å². The van der Waals surface area contributed by atoms with Gasteiger partial charge in [-0.2, -0.15) is 5.26 Å². The number of methoxy groups -OCH3 is 1. The van der Waals surface area contributed by atoms with Crippen molar-refractivity contribution in [3.8, 4) is 17.6 Å². The number of nitrogens with one attached hydrogen (secondary N) is 1. The van der Waals surface area contributed by atoms with Gasteiger partial charge < -0.3 is 15.2 Å². The van der Waals surface area contributed by atoms with Crippen LogP contribution in [0.5, 0.6) is 11.5 Å². The molecular formula is C17H12Br2N2O3. The number of amides is 1. The van der Waals surface area contributed by atoms with Gasteiger partial charge in [0.25, 0.3) is 5.91 Å². The Morgan fingerprint density at radius 2 is 1.92 bits per heavy atom. The smallest absolute Gasteiger partial charge is 0.266 e. The second kappa shape index (κ2) is 7.99. The van der Waals surface area contributed by atoms with Gasteiger partial charge >= 0.3 is 0 Å². The number of benzene rings is 2. The van der Waals surface area contributed by atoms with E-state index in [2.05, 4.69) is 37.2 Å². The van der Waals surface area contributed by atoms with Gasteiger partial charge in [0, 0.05) is 0 Å². The number of para-hydroxylation sites is 2. The lowest BCUT2D eigenvalue weighted by Gasteiger charge is -2.09. The Hall–Kier alpha value is -2.30. The molecular weight excluding hydrogens is 440 g/mol. The van der Waals surface area contributed by atoms with Crippen LogP contribution < -0.4 is 10.1 Å². The van der Waals surface area contributed by atoms with Crippen LogP contribution in [0.4, 0.5) is 5.69 Å². The lowest BCUT2D eigenvalue weighted by Crippen LogP contribution is -2.14. The summed E-state index contributed by atoms with van der Waals surface area (Å²) in [6, 6.07) is 12.0. The van der Waals surface area contributed by atoms with Crippen LogP contribution in [0.2, 0.25) is 0 Å². The number of nitrogens with zero attached hydrogens (tertiary/aromatic N) is 1. The molecule has 0 aliphatic carbocycles. The minimum Gasteiger partial charge on any atom is -0.506 e. The Labute approximate surface area is 155 Å². The second-order valence-electron chi connectivity index (χ2n) is 4.66. The van der Waals surface area contributed by atoms with E-state index in [1.165, 1.54) is 13.2 Å². The SMILES string of the molecule is COc1ccccc1NC(=O)/C(C#N)=C/c1cc(Br)c(O)c(Br)c1. The van der Waals surface area contributed by atoms with E-state index in [1.807, 2.05) is 6.07 Å². The average Bonchev–Trinajstić information content (AvgIpc) is 2.57. The van der Waals surface area contributed by atoms with Gasteiger partial charge in [0.05, 0.1) is 21.7 Å². The normalized spacial score (nSPS) is 10.8. The number of carbonyl (C=O) groups excluding carboxylic acids is 1. The van der Waals surface area contributed by atoms with Crippen molar-refractivity contribution in [1.82, 2.24) is 0 Å². The molecule has 0 radical (unpaired) electrons. The third kappa shape index (κ3) is 4.16.